The second kappa shape index (κ2) is 6.58. The molecule has 0 amide bonds. The largest absolute Gasteiger partial charge is 0.266 e. The molecule has 1 unspecified atom stereocenters. The Kier molecular flexibility index (Phi) is 5.06. The topological polar surface area (TPSA) is 17.8 Å². The van der Waals surface area contributed by atoms with Crippen LogP contribution in [0.5, 0.6) is 0 Å². The van der Waals surface area contributed by atoms with Gasteiger partial charge in [-0.15, -0.1) is 0 Å². The van der Waals surface area contributed by atoms with Crippen LogP contribution in [0.25, 0.3) is 0 Å². The quantitative estimate of drug-likeness (QED) is 0.685. The van der Waals surface area contributed by atoms with Crippen molar-refractivity contribution >= 4 is 27.5 Å². The van der Waals surface area contributed by atoms with E-state index in [9.17, 15) is 0 Å². The summed E-state index contributed by atoms with van der Waals surface area (Å²) in [5.41, 5.74) is 2.42. The van der Waals surface area contributed by atoms with Crippen LogP contribution in [-0.2, 0) is 6.42 Å². The minimum absolute atomic E-state index is 0.341. The molecule has 1 atom stereocenters. The number of hydrogen-bond acceptors (Lipinski definition) is 1. The van der Waals surface area contributed by atoms with E-state index in [0.717, 1.165) is 23.6 Å². The summed E-state index contributed by atoms with van der Waals surface area (Å²) in [6, 6.07) is 10.8. The van der Waals surface area contributed by atoms with Crippen LogP contribution in [0.1, 0.15) is 42.4 Å². The summed E-state index contributed by atoms with van der Waals surface area (Å²) in [5, 5.41) is 5.10. The van der Waals surface area contributed by atoms with Gasteiger partial charge in [0.05, 0.1) is 16.9 Å². The highest BCUT2D eigenvalue weighted by atomic mass is 79.9. The van der Waals surface area contributed by atoms with E-state index in [1.54, 1.807) is 6.20 Å². The third kappa shape index (κ3) is 3.61. The Morgan fingerprint density at radius 2 is 1.95 bits per heavy atom. The van der Waals surface area contributed by atoms with Gasteiger partial charge in [-0.25, -0.2) is 0 Å². The third-order valence-corrected chi connectivity index (χ3v) is 4.43. The Balaban J connectivity index is 2.05. The lowest BCUT2D eigenvalue weighted by atomic mass is 10.1. The molecule has 2 aromatic rings. The number of halogens is 2. The molecule has 1 heterocycles. The maximum atomic E-state index is 6.22. The first-order chi connectivity index (χ1) is 9.09. The van der Waals surface area contributed by atoms with E-state index in [1.807, 2.05) is 10.7 Å². The van der Waals surface area contributed by atoms with Crippen molar-refractivity contribution < 1.29 is 0 Å². The molecule has 0 N–H and O–H groups in total. The van der Waals surface area contributed by atoms with Crippen molar-refractivity contribution in [2.24, 2.45) is 0 Å². The van der Waals surface area contributed by atoms with Crippen molar-refractivity contribution in [3.63, 3.8) is 0 Å². The fourth-order valence-electron chi connectivity index (χ4n) is 2.14. The molecule has 2 rings (SSSR count). The van der Waals surface area contributed by atoms with E-state index in [-0.39, 0.29) is 0 Å². The monoisotopic (exact) mass is 340 g/mol. The van der Waals surface area contributed by atoms with Crippen LogP contribution in [0, 0.1) is 0 Å². The summed E-state index contributed by atoms with van der Waals surface area (Å²) < 4.78 is 2.01. The molecule has 0 saturated heterocycles. The molecule has 0 saturated carbocycles. The minimum Gasteiger partial charge on any atom is -0.266 e. The fraction of sp³-hybridized carbons (Fsp3) is 0.400. The highest BCUT2D eigenvalue weighted by Crippen LogP contribution is 2.29. The fourth-order valence-corrected chi connectivity index (χ4v) is 2.90. The van der Waals surface area contributed by atoms with Crippen LogP contribution in [0.15, 0.2) is 36.5 Å². The lowest BCUT2D eigenvalue weighted by Gasteiger charge is -2.14. The molecule has 1 aromatic heterocycles. The van der Waals surface area contributed by atoms with E-state index in [4.69, 9.17) is 11.6 Å². The van der Waals surface area contributed by atoms with E-state index < -0.39 is 0 Å². The SMILES string of the molecule is CC(C)n1ncc(Cl)c1CCC(Br)c1ccccc1. The Morgan fingerprint density at radius 3 is 2.58 bits per heavy atom. The van der Waals surface area contributed by atoms with Crippen molar-refractivity contribution in [1.29, 1.82) is 0 Å². The van der Waals surface area contributed by atoms with Crippen molar-refractivity contribution in [3.8, 4) is 0 Å². The van der Waals surface area contributed by atoms with E-state index >= 15 is 0 Å². The van der Waals surface area contributed by atoms with Gasteiger partial charge in [0.1, 0.15) is 0 Å². The lowest BCUT2D eigenvalue weighted by Crippen LogP contribution is -2.08. The molecule has 0 aliphatic heterocycles. The average Bonchev–Trinajstić information content (AvgIpc) is 2.78. The second-order valence-corrected chi connectivity index (χ2v) is 6.41. The van der Waals surface area contributed by atoms with Gasteiger partial charge >= 0.3 is 0 Å². The van der Waals surface area contributed by atoms with Gasteiger partial charge in [-0.3, -0.25) is 4.68 Å². The highest BCUT2D eigenvalue weighted by Gasteiger charge is 2.14. The summed E-state index contributed by atoms with van der Waals surface area (Å²) in [7, 11) is 0. The van der Waals surface area contributed by atoms with E-state index in [1.165, 1.54) is 5.56 Å². The molecular weight excluding hydrogens is 324 g/mol. The van der Waals surface area contributed by atoms with Gasteiger partial charge in [-0.2, -0.15) is 5.10 Å². The van der Waals surface area contributed by atoms with Crippen LogP contribution < -0.4 is 0 Å². The van der Waals surface area contributed by atoms with Gasteiger partial charge < -0.3 is 0 Å². The van der Waals surface area contributed by atoms with E-state index in [2.05, 4.69) is 59.1 Å². The Bertz CT molecular complexity index is 522. The minimum atomic E-state index is 0.341. The molecule has 0 fully saturated rings. The molecule has 102 valence electrons. The van der Waals surface area contributed by atoms with Crippen LogP contribution in [0.4, 0.5) is 0 Å². The maximum Gasteiger partial charge on any atom is 0.0817 e. The van der Waals surface area contributed by atoms with Gasteiger partial charge in [0.15, 0.2) is 0 Å². The number of rotatable bonds is 5. The number of aromatic nitrogens is 2. The predicted molar refractivity (Wildman–Crippen MR) is 84.1 cm³/mol. The third-order valence-electron chi connectivity index (χ3n) is 3.13. The Labute approximate surface area is 127 Å². The molecule has 0 radical (unpaired) electrons. The summed E-state index contributed by atoms with van der Waals surface area (Å²) in [6.07, 6.45) is 3.66. The molecule has 0 aliphatic carbocycles. The second-order valence-electron chi connectivity index (χ2n) is 4.89. The van der Waals surface area contributed by atoms with Crippen LogP contribution in [0.3, 0.4) is 0 Å². The van der Waals surface area contributed by atoms with Crippen molar-refractivity contribution in [3.05, 3.63) is 52.8 Å². The first-order valence-electron chi connectivity index (χ1n) is 6.50. The predicted octanol–water partition coefficient (Wildman–Crippen LogP) is 5.19. The van der Waals surface area contributed by atoms with Gasteiger partial charge in [0.2, 0.25) is 0 Å². The van der Waals surface area contributed by atoms with Crippen LogP contribution in [-0.4, -0.2) is 9.78 Å². The first kappa shape index (κ1) is 14.6. The first-order valence-corrected chi connectivity index (χ1v) is 7.80. The number of hydrogen-bond donors (Lipinski definition) is 0. The summed E-state index contributed by atoms with van der Waals surface area (Å²) in [5.74, 6) is 0. The van der Waals surface area contributed by atoms with Crippen LogP contribution in [0.2, 0.25) is 5.02 Å². The molecule has 0 bridgehead atoms. The standard InChI is InChI=1S/C15H18BrClN2/c1-11(2)19-15(14(17)10-18-19)9-8-13(16)12-6-4-3-5-7-12/h3-7,10-11,13H,8-9H2,1-2H3. The molecular formula is C15H18BrClN2. The smallest absolute Gasteiger partial charge is 0.0817 e. The van der Waals surface area contributed by atoms with E-state index in [0.29, 0.717) is 10.9 Å². The van der Waals surface area contributed by atoms with Crippen molar-refractivity contribution in [1.82, 2.24) is 9.78 Å². The van der Waals surface area contributed by atoms with Gasteiger partial charge in [0, 0.05) is 10.9 Å². The average molecular weight is 342 g/mol. The number of alkyl halides is 1. The molecule has 4 heteroatoms. The zero-order valence-corrected chi connectivity index (χ0v) is 13.5. The normalized spacial score (nSPS) is 12.9. The van der Waals surface area contributed by atoms with Gasteiger partial charge in [-0.1, -0.05) is 57.9 Å². The summed E-state index contributed by atoms with van der Waals surface area (Å²) >= 11 is 9.97. The molecule has 2 nitrogen and oxygen atoms in total. The molecule has 0 aliphatic rings. The van der Waals surface area contributed by atoms with Crippen molar-refractivity contribution in [2.45, 2.75) is 37.6 Å². The zero-order chi connectivity index (χ0) is 13.8. The van der Waals surface area contributed by atoms with Gasteiger partial charge in [-0.05, 0) is 32.3 Å². The van der Waals surface area contributed by atoms with Gasteiger partial charge in [0.25, 0.3) is 0 Å². The highest BCUT2D eigenvalue weighted by molar-refractivity contribution is 9.09. The Morgan fingerprint density at radius 1 is 1.26 bits per heavy atom. The van der Waals surface area contributed by atoms with Crippen LogP contribution >= 0.6 is 27.5 Å². The number of nitrogens with zero attached hydrogens (tertiary/aromatic N) is 2. The molecule has 19 heavy (non-hydrogen) atoms. The Hall–Kier alpha value is -0.800. The summed E-state index contributed by atoms with van der Waals surface area (Å²) in [6.45, 7) is 4.24. The molecule has 1 aromatic carbocycles. The lowest BCUT2D eigenvalue weighted by molar-refractivity contribution is 0.505. The molecule has 0 spiro atoms. The maximum absolute atomic E-state index is 6.22. The van der Waals surface area contributed by atoms with Crippen molar-refractivity contribution in [2.75, 3.05) is 0 Å². The summed E-state index contributed by atoms with van der Waals surface area (Å²) in [4.78, 5) is 0.347. The zero-order valence-electron chi connectivity index (χ0n) is 11.2. The number of benzene rings is 1.